The van der Waals surface area contributed by atoms with E-state index in [9.17, 15) is 8.42 Å². The summed E-state index contributed by atoms with van der Waals surface area (Å²) in [6, 6.07) is 10.5. The Morgan fingerprint density at radius 2 is 1.92 bits per heavy atom. The van der Waals surface area contributed by atoms with Crippen LogP contribution in [-0.2, 0) is 20.2 Å². The lowest BCUT2D eigenvalue weighted by Gasteiger charge is -2.36. The van der Waals surface area contributed by atoms with Crippen molar-refractivity contribution in [2.75, 3.05) is 26.9 Å². The predicted molar refractivity (Wildman–Crippen MR) is 94.2 cm³/mol. The number of hydrogen-bond donors (Lipinski definition) is 1. The molecule has 0 unspecified atom stereocenters. The van der Waals surface area contributed by atoms with Crippen LogP contribution in [0.3, 0.4) is 0 Å². The fraction of sp³-hybridized carbons (Fsp3) is 0.412. The van der Waals surface area contributed by atoms with Gasteiger partial charge in [0.1, 0.15) is 5.75 Å². The fourth-order valence-corrected chi connectivity index (χ4v) is 5.04. The van der Waals surface area contributed by atoms with Crippen LogP contribution in [-0.4, -0.2) is 35.3 Å². The SMILES string of the molecule is COc1ccc(S(=O)(=O)NCC2(c3cccs3)CCOCC2)cc1. The van der Waals surface area contributed by atoms with Gasteiger partial charge in [0.15, 0.2) is 0 Å². The van der Waals surface area contributed by atoms with Gasteiger partial charge in [0.25, 0.3) is 0 Å². The van der Waals surface area contributed by atoms with E-state index < -0.39 is 10.0 Å². The molecule has 7 heteroatoms. The van der Waals surface area contributed by atoms with E-state index in [4.69, 9.17) is 9.47 Å². The first-order valence-electron chi connectivity index (χ1n) is 7.81. The lowest BCUT2D eigenvalue weighted by Crippen LogP contribution is -2.44. The van der Waals surface area contributed by atoms with Crippen molar-refractivity contribution in [2.24, 2.45) is 0 Å². The number of nitrogens with one attached hydrogen (secondary N) is 1. The molecule has 0 aliphatic carbocycles. The average molecular weight is 367 g/mol. The van der Waals surface area contributed by atoms with E-state index in [1.165, 1.54) is 4.88 Å². The topological polar surface area (TPSA) is 64.6 Å². The molecule has 1 N–H and O–H groups in total. The summed E-state index contributed by atoms with van der Waals surface area (Å²) in [5, 5.41) is 2.03. The maximum Gasteiger partial charge on any atom is 0.240 e. The number of thiophene rings is 1. The number of ether oxygens (including phenoxy) is 2. The number of benzene rings is 1. The third-order valence-corrected chi connectivity index (χ3v) is 7.00. The molecule has 1 aromatic carbocycles. The van der Waals surface area contributed by atoms with Crippen LogP contribution in [0.5, 0.6) is 5.75 Å². The van der Waals surface area contributed by atoms with E-state index in [0.29, 0.717) is 25.5 Å². The highest BCUT2D eigenvalue weighted by molar-refractivity contribution is 7.89. The van der Waals surface area contributed by atoms with Crippen molar-refractivity contribution in [2.45, 2.75) is 23.2 Å². The summed E-state index contributed by atoms with van der Waals surface area (Å²) >= 11 is 1.67. The first-order chi connectivity index (χ1) is 11.6. The van der Waals surface area contributed by atoms with E-state index in [1.807, 2.05) is 11.4 Å². The first-order valence-corrected chi connectivity index (χ1v) is 10.2. The fourth-order valence-electron chi connectivity index (χ4n) is 2.92. The monoisotopic (exact) mass is 367 g/mol. The molecule has 0 atom stereocenters. The Morgan fingerprint density at radius 3 is 2.50 bits per heavy atom. The Hall–Kier alpha value is -1.41. The Morgan fingerprint density at radius 1 is 1.21 bits per heavy atom. The van der Waals surface area contributed by atoms with Crippen LogP contribution < -0.4 is 9.46 Å². The number of methoxy groups -OCH3 is 1. The van der Waals surface area contributed by atoms with Crippen molar-refractivity contribution in [1.82, 2.24) is 4.72 Å². The van der Waals surface area contributed by atoms with Crippen LogP contribution in [0.25, 0.3) is 0 Å². The Labute approximate surface area is 146 Å². The van der Waals surface area contributed by atoms with E-state index in [0.717, 1.165) is 12.8 Å². The quantitative estimate of drug-likeness (QED) is 0.853. The summed E-state index contributed by atoms with van der Waals surface area (Å²) in [6.07, 6.45) is 1.64. The molecule has 0 spiro atoms. The first kappa shape index (κ1) is 17.4. The molecule has 0 bridgehead atoms. The van der Waals surface area contributed by atoms with E-state index in [2.05, 4.69) is 10.8 Å². The number of rotatable bonds is 6. The van der Waals surface area contributed by atoms with Crippen LogP contribution in [0.1, 0.15) is 17.7 Å². The van der Waals surface area contributed by atoms with Crippen molar-refractivity contribution in [1.29, 1.82) is 0 Å². The van der Waals surface area contributed by atoms with Crippen molar-refractivity contribution < 1.29 is 17.9 Å². The van der Waals surface area contributed by atoms with E-state index in [-0.39, 0.29) is 10.3 Å². The molecule has 2 aromatic rings. The van der Waals surface area contributed by atoms with Gasteiger partial charge in [0.05, 0.1) is 12.0 Å². The van der Waals surface area contributed by atoms with Crippen molar-refractivity contribution in [3.05, 3.63) is 46.7 Å². The lowest BCUT2D eigenvalue weighted by molar-refractivity contribution is 0.0529. The minimum absolute atomic E-state index is 0.189. The molecule has 1 aliphatic rings. The van der Waals surface area contributed by atoms with Gasteiger partial charge in [-0.3, -0.25) is 0 Å². The molecule has 1 aliphatic heterocycles. The molecule has 5 nitrogen and oxygen atoms in total. The average Bonchev–Trinajstić information content (AvgIpc) is 3.16. The maximum atomic E-state index is 12.6. The van der Waals surface area contributed by atoms with Crippen molar-refractivity contribution in [3.8, 4) is 5.75 Å². The zero-order valence-corrected chi connectivity index (χ0v) is 15.2. The molecule has 0 saturated carbocycles. The minimum Gasteiger partial charge on any atom is -0.497 e. The summed E-state index contributed by atoms with van der Waals surface area (Å²) in [5.41, 5.74) is -0.189. The molecule has 1 saturated heterocycles. The van der Waals surface area contributed by atoms with Gasteiger partial charge in [-0.15, -0.1) is 11.3 Å². The van der Waals surface area contributed by atoms with Crippen LogP contribution in [0.15, 0.2) is 46.7 Å². The summed E-state index contributed by atoms with van der Waals surface area (Å²) in [4.78, 5) is 1.46. The van der Waals surface area contributed by atoms with Gasteiger partial charge in [0, 0.05) is 30.1 Å². The van der Waals surface area contributed by atoms with Gasteiger partial charge < -0.3 is 9.47 Å². The zero-order valence-electron chi connectivity index (χ0n) is 13.5. The maximum absolute atomic E-state index is 12.6. The third-order valence-electron chi connectivity index (χ3n) is 4.46. The van der Waals surface area contributed by atoms with Crippen molar-refractivity contribution >= 4 is 21.4 Å². The number of hydrogen-bond acceptors (Lipinski definition) is 5. The van der Waals surface area contributed by atoms with Gasteiger partial charge in [-0.25, -0.2) is 13.1 Å². The van der Waals surface area contributed by atoms with Gasteiger partial charge in [-0.05, 0) is 48.6 Å². The summed E-state index contributed by atoms with van der Waals surface area (Å²) in [5.74, 6) is 0.633. The molecule has 1 aromatic heterocycles. The molecule has 1 fully saturated rings. The molecule has 0 amide bonds. The van der Waals surface area contributed by atoms with Gasteiger partial charge in [-0.2, -0.15) is 0 Å². The van der Waals surface area contributed by atoms with Gasteiger partial charge in [-0.1, -0.05) is 6.07 Å². The molecular formula is C17H21NO4S2. The highest BCUT2D eigenvalue weighted by Gasteiger charge is 2.36. The Balaban J connectivity index is 1.78. The Kier molecular flexibility index (Phi) is 5.24. The molecule has 24 heavy (non-hydrogen) atoms. The van der Waals surface area contributed by atoms with E-state index >= 15 is 0 Å². The zero-order chi connectivity index (χ0) is 17.0. The van der Waals surface area contributed by atoms with Gasteiger partial charge >= 0.3 is 0 Å². The van der Waals surface area contributed by atoms with Crippen molar-refractivity contribution in [3.63, 3.8) is 0 Å². The van der Waals surface area contributed by atoms with Gasteiger partial charge in [0.2, 0.25) is 10.0 Å². The largest absolute Gasteiger partial charge is 0.497 e. The summed E-state index contributed by atoms with van der Waals surface area (Å²) < 4.78 is 38.6. The standard InChI is InChI=1S/C17H21NO4S2/c1-21-14-4-6-15(7-5-14)24(19,20)18-13-17(8-10-22-11-9-17)16-3-2-12-23-16/h2-7,12,18H,8-11,13H2,1H3. The molecular weight excluding hydrogens is 346 g/mol. The van der Waals surface area contributed by atoms with Crippen LogP contribution in [0.4, 0.5) is 0 Å². The van der Waals surface area contributed by atoms with E-state index in [1.54, 1.807) is 42.7 Å². The number of sulfonamides is 1. The minimum atomic E-state index is -3.56. The lowest BCUT2D eigenvalue weighted by atomic mass is 9.79. The highest BCUT2D eigenvalue weighted by Crippen LogP contribution is 2.37. The second-order valence-electron chi connectivity index (χ2n) is 5.87. The predicted octanol–water partition coefficient (Wildman–Crippen LogP) is 2.78. The van der Waals surface area contributed by atoms with Crippen LogP contribution in [0.2, 0.25) is 0 Å². The second-order valence-corrected chi connectivity index (χ2v) is 8.58. The molecule has 0 radical (unpaired) electrons. The molecule has 130 valence electrons. The van der Waals surface area contributed by atoms with Crippen LogP contribution in [0, 0.1) is 0 Å². The Bertz CT molecular complexity index is 748. The smallest absolute Gasteiger partial charge is 0.240 e. The highest BCUT2D eigenvalue weighted by atomic mass is 32.2. The second kappa shape index (κ2) is 7.23. The summed E-state index contributed by atoms with van der Waals surface area (Å²) in [7, 11) is -2.00. The third kappa shape index (κ3) is 3.64. The normalized spacial score (nSPS) is 17.5. The summed E-state index contributed by atoms with van der Waals surface area (Å²) in [6.45, 7) is 1.69. The van der Waals surface area contributed by atoms with Crippen LogP contribution >= 0.6 is 11.3 Å². The molecule has 3 rings (SSSR count). The molecule has 2 heterocycles.